The second kappa shape index (κ2) is 3.04. The number of nitrogens with one attached hydrogen (secondary N) is 1. The molecule has 0 atom stereocenters. The molecular formula is C13H15F2N. The smallest absolute Gasteiger partial charge is 0.127 e. The van der Waals surface area contributed by atoms with Crippen LogP contribution in [0.25, 0.3) is 0 Å². The van der Waals surface area contributed by atoms with Crippen LogP contribution in [-0.2, 0) is 5.41 Å². The molecule has 0 radical (unpaired) electrons. The van der Waals surface area contributed by atoms with Gasteiger partial charge in [0.25, 0.3) is 0 Å². The predicted molar refractivity (Wildman–Crippen MR) is 58.2 cm³/mol. The summed E-state index contributed by atoms with van der Waals surface area (Å²) >= 11 is 0. The average molecular weight is 223 g/mol. The highest BCUT2D eigenvalue weighted by Crippen LogP contribution is 2.73. The summed E-state index contributed by atoms with van der Waals surface area (Å²) < 4.78 is 26.8. The SMILES string of the molecule is CNCC12CC(c3cc(F)ccc3F)(C1)C2. The van der Waals surface area contributed by atoms with E-state index >= 15 is 0 Å². The molecule has 0 aromatic heterocycles. The van der Waals surface area contributed by atoms with E-state index in [4.69, 9.17) is 0 Å². The van der Waals surface area contributed by atoms with E-state index in [1.807, 2.05) is 7.05 Å². The Balaban J connectivity index is 1.84. The Kier molecular flexibility index (Phi) is 1.94. The quantitative estimate of drug-likeness (QED) is 0.830. The first-order valence-corrected chi connectivity index (χ1v) is 5.69. The average Bonchev–Trinajstić information content (AvgIpc) is 2.13. The first kappa shape index (κ1) is 10.2. The number of hydrogen-bond acceptors (Lipinski definition) is 1. The maximum atomic E-state index is 13.6. The van der Waals surface area contributed by atoms with Gasteiger partial charge in [0.2, 0.25) is 0 Å². The lowest BCUT2D eigenvalue weighted by Crippen LogP contribution is -2.67. The van der Waals surface area contributed by atoms with Crippen molar-refractivity contribution in [2.24, 2.45) is 5.41 Å². The lowest BCUT2D eigenvalue weighted by atomic mass is 9.33. The maximum Gasteiger partial charge on any atom is 0.127 e. The zero-order valence-electron chi connectivity index (χ0n) is 9.32. The molecule has 3 aliphatic rings. The Morgan fingerprint density at radius 3 is 2.56 bits per heavy atom. The number of hydrogen-bond donors (Lipinski definition) is 1. The van der Waals surface area contributed by atoms with Crippen LogP contribution in [0.4, 0.5) is 8.78 Å². The summed E-state index contributed by atoms with van der Waals surface area (Å²) in [6, 6.07) is 3.81. The fourth-order valence-corrected chi connectivity index (χ4v) is 3.75. The highest BCUT2D eigenvalue weighted by Gasteiger charge is 2.68. The van der Waals surface area contributed by atoms with Gasteiger partial charge in [0.05, 0.1) is 0 Å². The van der Waals surface area contributed by atoms with Crippen molar-refractivity contribution < 1.29 is 8.78 Å². The molecule has 1 aromatic carbocycles. The van der Waals surface area contributed by atoms with Gasteiger partial charge in [0.15, 0.2) is 0 Å². The molecule has 0 heterocycles. The Bertz CT molecular complexity index is 422. The van der Waals surface area contributed by atoms with Crippen molar-refractivity contribution in [3.63, 3.8) is 0 Å². The van der Waals surface area contributed by atoms with Gasteiger partial charge in [-0.3, -0.25) is 0 Å². The Morgan fingerprint density at radius 2 is 1.94 bits per heavy atom. The summed E-state index contributed by atoms with van der Waals surface area (Å²) in [7, 11) is 1.94. The van der Waals surface area contributed by atoms with Gasteiger partial charge in [-0.2, -0.15) is 0 Å². The minimum absolute atomic E-state index is 0.0525. The molecule has 4 rings (SSSR count). The van der Waals surface area contributed by atoms with E-state index in [0.717, 1.165) is 25.8 Å². The summed E-state index contributed by atoms with van der Waals surface area (Å²) in [5.41, 5.74) is 0.904. The van der Waals surface area contributed by atoms with Crippen molar-refractivity contribution >= 4 is 0 Å². The van der Waals surface area contributed by atoms with Gasteiger partial charge < -0.3 is 5.32 Å². The molecule has 3 fully saturated rings. The molecule has 3 heteroatoms. The molecule has 0 aliphatic heterocycles. The summed E-state index contributed by atoms with van der Waals surface area (Å²) in [5, 5.41) is 3.17. The van der Waals surface area contributed by atoms with E-state index in [0.29, 0.717) is 11.0 Å². The van der Waals surface area contributed by atoms with Crippen molar-refractivity contribution in [2.45, 2.75) is 24.7 Å². The molecule has 1 aromatic rings. The minimum atomic E-state index is -0.330. The number of halogens is 2. The molecule has 0 saturated heterocycles. The Labute approximate surface area is 93.9 Å². The zero-order chi connectivity index (χ0) is 11.4. The monoisotopic (exact) mass is 223 g/mol. The van der Waals surface area contributed by atoms with Crippen molar-refractivity contribution in [1.82, 2.24) is 5.32 Å². The lowest BCUT2D eigenvalue weighted by molar-refractivity contribution is -0.138. The van der Waals surface area contributed by atoms with Crippen LogP contribution < -0.4 is 5.32 Å². The topological polar surface area (TPSA) is 12.0 Å². The summed E-state index contributed by atoms with van der Waals surface area (Å²) in [5.74, 6) is -0.581. The van der Waals surface area contributed by atoms with E-state index in [9.17, 15) is 8.78 Å². The Hall–Kier alpha value is -0.960. The van der Waals surface area contributed by atoms with Crippen LogP contribution in [0, 0.1) is 17.0 Å². The highest BCUT2D eigenvalue weighted by molar-refractivity contribution is 5.40. The van der Waals surface area contributed by atoms with Crippen molar-refractivity contribution in [3.05, 3.63) is 35.4 Å². The van der Waals surface area contributed by atoms with E-state index < -0.39 is 0 Å². The molecule has 86 valence electrons. The van der Waals surface area contributed by atoms with Crippen molar-refractivity contribution in [2.75, 3.05) is 13.6 Å². The second-order valence-electron chi connectivity index (χ2n) is 5.47. The fourth-order valence-electron chi connectivity index (χ4n) is 3.75. The predicted octanol–water partition coefficient (Wildman–Crippen LogP) is 2.61. The van der Waals surface area contributed by atoms with Crippen LogP contribution in [0.5, 0.6) is 0 Å². The molecule has 0 spiro atoms. The van der Waals surface area contributed by atoms with Gasteiger partial charge in [-0.25, -0.2) is 8.78 Å². The van der Waals surface area contributed by atoms with E-state index in [1.165, 1.54) is 18.2 Å². The number of benzene rings is 1. The van der Waals surface area contributed by atoms with E-state index in [1.54, 1.807) is 0 Å². The van der Waals surface area contributed by atoms with Crippen molar-refractivity contribution in [3.8, 4) is 0 Å². The van der Waals surface area contributed by atoms with Gasteiger partial charge in [0.1, 0.15) is 11.6 Å². The first-order valence-electron chi connectivity index (χ1n) is 5.69. The first-order chi connectivity index (χ1) is 7.59. The van der Waals surface area contributed by atoms with Crippen LogP contribution in [-0.4, -0.2) is 13.6 Å². The third-order valence-corrected chi connectivity index (χ3v) is 4.19. The zero-order valence-corrected chi connectivity index (χ0v) is 9.32. The van der Waals surface area contributed by atoms with Crippen LogP contribution >= 0.6 is 0 Å². The lowest BCUT2D eigenvalue weighted by Gasteiger charge is -2.71. The van der Waals surface area contributed by atoms with E-state index in [2.05, 4.69) is 5.32 Å². The molecule has 3 aliphatic carbocycles. The van der Waals surface area contributed by atoms with Crippen LogP contribution in [0.3, 0.4) is 0 Å². The molecule has 1 N–H and O–H groups in total. The van der Waals surface area contributed by atoms with Gasteiger partial charge in [0, 0.05) is 12.0 Å². The molecule has 2 bridgehead atoms. The molecule has 3 saturated carbocycles. The molecule has 0 unspecified atom stereocenters. The van der Waals surface area contributed by atoms with Crippen LogP contribution in [0.15, 0.2) is 18.2 Å². The standard InChI is InChI=1S/C13H15F2N/c1-16-8-12-5-13(6-12,7-12)10-4-9(14)2-3-11(10)15/h2-4,16H,5-8H2,1H3. The van der Waals surface area contributed by atoms with Crippen molar-refractivity contribution in [1.29, 1.82) is 0 Å². The molecule has 16 heavy (non-hydrogen) atoms. The van der Waals surface area contributed by atoms with Gasteiger partial charge in [-0.15, -0.1) is 0 Å². The second-order valence-corrected chi connectivity index (χ2v) is 5.47. The normalized spacial score (nSPS) is 35.4. The van der Waals surface area contributed by atoms with Gasteiger partial charge in [-0.1, -0.05) is 0 Å². The van der Waals surface area contributed by atoms with E-state index in [-0.39, 0.29) is 17.0 Å². The third-order valence-electron chi connectivity index (χ3n) is 4.19. The maximum absolute atomic E-state index is 13.6. The number of rotatable bonds is 3. The largest absolute Gasteiger partial charge is 0.319 e. The summed E-state index contributed by atoms with van der Waals surface area (Å²) in [6.07, 6.45) is 3.00. The Morgan fingerprint density at radius 1 is 1.25 bits per heavy atom. The van der Waals surface area contributed by atoms with Crippen LogP contribution in [0.2, 0.25) is 0 Å². The highest BCUT2D eigenvalue weighted by atomic mass is 19.1. The molecular weight excluding hydrogens is 208 g/mol. The summed E-state index contributed by atoms with van der Waals surface area (Å²) in [4.78, 5) is 0. The molecule has 0 amide bonds. The molecule has 1 nitrogen and oxygen atoms in total. The minimum Gasteiger partial charge on any atom is -0.319 e. The summed E-state index contributed by atoms with van der Waals surface area (Å²) in [6.45, 7) is 0.992. The van der Waals surface area contributed by atoms with Gasteiger partial charge in [-0.05, 0) is 55.5 Å². The third kappa shape index (κ3) is 1.18. The van der Waals surface area contributed by atoms with Crippen LogP contribution in [0.1, 0.15) is 24.8 Å². The van der Waals surface area contributed by atoms with Gasteiger partial charge >= 0.3 is 0 Å². The fraction of sp³-hybridized carbons (Fsp3) is 0.538.